The first kappa shape index (κ1) is 20.5. The standard InChI is InChI=1S/C22H14F5N3O/c23-14-5-7-15(8-6-14)30-20-3-1-2-16(17(20)12-29-30)21(31)28-11-13-4-9-19(24)18(10-13)22(25,26)27/h1-10,12H,11H2,(H,28,31). The number of carbonyl (C=O) groups excluding carboxylic acids is 1. The molecule has 1 amide bonds. The van der Waals surface area contributed by atoms with Crippen LogP contribution in [0.2, 0.25) is 0 Å². The van der Waals surface area contributed by atoms with Crippen molar-refractivity contribution in [3.8, 4) is 5.69 Å². The number of hydrogen-bond donors (Lipinski definition) is 1. The number of halogens is 5. The van der Waals surface area contributed by atoms with Crippen LogP contribution in [0.25, 0.3) is 16.6 Å². The Hall–Kier alpha value is -3.75. The molecule has 1 heterocycles. The summed E-state index contributed by atoms with van der Waals surface area (Å²) in [5.74, 6) is -2.29. The number of nitrogens with one attached hydrogen (secondary N) is 1. The number of benzene rings is 3. The third kappa shape index (κ3) is 4.11. The molecule has 0 aliphatic heterocycles. The Morgan fingerprint density at radius 3 is 2.45 bits per heavy atom. The van der Waals surface area contributed by atoms with Crippen molar-refractivity contribution in [2.75, 3.05) is 0 Å². The molecule has 9 heteroatoms. The minimum absolute atomic E-state index is 0.108. The highest BCUT2D eigenvalue weighted by Crippen LogP contribution is 2.32. The zero-order chi connectivity index (χ0) is 22.2. The molecular weight excluding hydrogens is 417 g/mol. The normalized spacial score (nSPS) is 11.6. The SMILES string of the molecule is O=C(NCc1ccc(F)c(C(F)(F)F)c1)c1cccc2c1cnn2-c1ccc(F)cc1. The lowest BCUT2D eigenvalue weighted by Gasteiger charge is -2.11. The maximum Gasteiger partial charge on any atom is 0.419 e. The van der Waals surface area contributed by atoms with Gasteiger partial charge in [0.1, 0.15) is 11.6 Å². The summed E-state index contributed by atoms with van der Waals surface area (Å²) in [6, 6.07) is 13.2. The van der Waals surface area contributed by atoms with Gasteiger partial charge in [-0.1, -0.05) is 12.1 Å². The molecule has 0 bridgehead atoms. The second-order valence-electron chi connectivity index (χ2n) is 6.77. The summed E-state index contributed by atoms with van der Waals surface area (Å²) in [7, 11) is 0. The predicted molar refractivity (Wildman–Crippen MR) is 104 cm³/mol. The summed E-state index contributed by atoms with van der Waals surface area (Å²) in [4.78, 5) is 12.7. The molecule has 4 rings (SSSR count). The van der Waals surface area contributed by atoms with Gasteiger partial charge in [-0.15, -0.1) is 0 Å². The van der Waals surface area contributed by atoms with E-state index in [4.69, 9.17) is 0 Å². The lowest BCUT2D eigenvalue weighted by Crippen LogP contribution is -2.23. The molecule has 0 fully saturated rings. The topological polar surface area (TPSA) is 46.9 Å². The zero-order valence-electron chi connectivity index (χ0n) is 15.8. The second-order valence-corrected chi connectivity index (χ2v) is 6.77. The molecule has 0 spiro atoms. The van der Waals surface area contributed by atoms with Crippen molar-refractivity contribution in [3.05, 3.63) is 95.2 Å². The van der Waals surface area contributed by atoms with Crippen LogP contribution in [-0.4, -0.2) is 15.7 Å². The minimum Gasteiger partial charge on any atom is -0.348 e. The van der Waals surface area contributed by atoms with Crippen LogP contribution in [-0.2, 0) is 12.7 Å². The quantitative estimate of drug-likeness (QED) is 0.449. The van der Waals surface area contributed by atoms with E-state index in [1.54, 1.807) is 35.0 Å². The Morgan fingerprint density at radius 2 is 1.74 bits per heavy atom. The fraction of sp³-hybridized carbons (Fsp3) is 0.0909. The molecule has 31 heavy (non-hydrogen) atoms. The van der Waals surface area contributed by atoms with Crippen molar-refractivity contribution < 1.29 is 26.7 Å². The summed E-state index contributed by atoms with van der Waals surface area (Å²) < 4.78 is 66.8. The molecule has 0 aliphatic rings. The van der Waals surface area contributed by atoms with Gasteiger partial charge in [0.15, 0.2) is 0 Å². The van der Waals surface area contributed by atoms with Gasteiger partial charge in [-0.25, -0.2) is 13.5 Å². The summed E-state index contributed by atoms with van der Waals surface area (Å²) >= 11 is 0. The first-order chi connectivity index (χ1) is 14.7. The maximum absolute atomic E-state index is 13.4. The first-order valence-corrected chi connectivity index (χ1v) is 9.10. The molecule has 0 atom stereocenters. The van der Waals surface area contributed by atoms with Gasteiger partial charge in [0.25, 0.3) is 5.91 Å². The van der Waals surface area contributed by atoms with Gasteiger partial charge in [-0.05, 0) is 54.1 Å². The molecule has 158 valence electrons. The number of aromatic nitrogens is 2. The number of rotatable bonds is 4. The number of alkyl halides is 3. The van der Waals surface area contributed by atoms with Crippen LogP contribution in [0.1, 0.15) is 21.5 Å². The van der Waals surface area contributed by atoms with E-state index in [1.165, 1.54) is 24.4 Å². The molecule has 0 aliphatic carbocycles. The third-order valence-corrected chi connectivity index (χ3v) is 4.72. The monoisotopic (exact) mass is 431 g/mol. The second kappa shape index (κ2) is 7.82. The van der Waals surface area contributed by atoms with E-state index in [1.807, 2.05) is 0 Å². The molecule has 0 saturated heterocycles. The Kier molecular flexibility index (Phi) is 5.18. The Bertz CT molecular complexity index is 1260. The fourth-order valence-electron chi connectivity index (χ4n) is 3.21. The van der Waals surface area contributed by atoms with Gasteiger partial charge in [0.2, 0.25) is 0 Å². The maximum atomic E-state index is 13.4. The Labute approximate surface area is 172 Å². The van der Waals surface area contributed by atoms with Crippen LogP contribution in [0.5, 0.6) is 0 Å². The molecule has 1 aromatic heterocycles. The van der Waals surface area contributed by atoms with Gasteiger partial charge in [0.05, 0.1) is 28.5 Å². The number of hydrogen-bond acceptors (Lipinski definition) is 2. The zero-order valence-corrected chi connectivity index (χ0v) is 15.8. The average Bonchev–Trinajstić information content (AvgIpc) is 3.17. The Balaban J connectivity index is 1.58. The number of amides is 1. The number of nitrogens with zero attached hydrogens (tertiary/aromatic N) is 2. The molecule has 1 N–H and O–H groups in total. The van der Waals surface area contributed by atoms with Crippen molar-refractivity contribution in [1.29, 1.82) is 0 Å². The van der Waals surface area contributed by atoms with E-state index in [2.05, 4.69) is 10.4 Å². The van der Waals surface area contributed by atoms with Crippen LogP contribution in [0.4, 0.5) is 22.0 Å². The highest BCUT2D eigenvalue weighted by molar-refractivity contribution is 6.06. The van der Waals surface area contributed by atoms with Crippen LogP contribution in [0, 0.1) is 11.6 Å². The average molecular weight is 431 g/mol. The summed E-state index contributed by atoms with van der Waals surface area (Å²) in [5, 5.41) is 7.31. The van der Waals surface area contributed by atoms with Gasteiger partial charge in [-0.3, -0.25) is 4.79 Å². The van der Waals surface area contributed by atoms with Crippen LogP contribution < -0.4 is 5.32 Å². The molecule has 0 saturated carbocycles. The van der Waals surface area contributed by atoms with E-state index in [0.717, 1.165) is 6.07 Å². The van der Waals surface area contributed by atoms with Crippen molar-refractivity contribution >= 4 is 16.8 Å². The lowest BCUT2D eigenvalue weighted by atomic mass is 10.1. The van der Waals surface area contributed by atoms with Gasteiger partial charge >= 0.3 is 6.18 Å². The van der Waals surface area contributed by atoms with Crippen molar-refractivity contribution in [2.45, 2.75) is 12.7 Å². The van der Waals surface area contributed by atoms with Crippen molar-refractivity contribution in [3.63, 3.8) is 0 Å². The van der Waals surface area contributed by atoms with Crippen LogP contribution in [0.15, 0.2) is 66.9 Å². The van der Waals surface area contributed by atoms with E-state index in [9.17, 15) is 26.7 Å². The molecule has 0 unspecified atom stereocenters. The third-order valence-electron chi connectivity index (χ3n) is 4.72. The largest absolute Gasteiger partial charge is 0.419 e. The van der Waals surface area contributed by atoms with E-state index < -0.39 is 29.3 Å². The van der Waals surface area contributed by atoms with Gasteiger partial charge in [0, 0.05) is 11.9 Å². The molecule has 4 nitrogen and oxygen atoms in total. The molecular formula is C22H14F5N3O. The van der Waals surface area contributed by atoms with Crippen LogP contribution >= 0.6 is 0 Å². The van der Waals surface area contributed by atoms with E-state index >= 15 is 0 Å². The van der Waals surface area contributed by atoms with Crippen LogP contribution in [0.3, 0.4) is 0 Å². The molecule has 0 radical (unpaired) electrons. The summed E-state index contributed by atoms with van der Waals surface area (Å²) in [5.41, 5.74) is 0.183. The molecule has 4 aromatic rings. The summed E-state index contributed by atoms with van der Waals surface area (Å²) in [6.07, 6.45) is -3.35. The number of fused-ring (bicyclic) bond motifs is 1. The van der Waals surface area contributed by atoms with E-state index in [0.29, 0.717) is 22.7 Å². The summed E-state index contributed by atoms with van der Waals surface area (Å²) in [6.45, 7) is -0.218. The first-order valence-electron chi connectivity index (χ1n) is 9.10. The highest BCUT2D eigenvalue weighted by Gasteiger charge is 2.34. The van der Waals surface area contributed by atoms with Gasteiger partial charge < -0.3 is 5.32 Å². The van der Waals surface area contributed by atoms with E-state index in [-0.39, 0.29) is 17.7 Å². The highest BCUT2D eigenvalue weighted by atomic mass is 19.4. The van der Waals surface area contributed by atoms with Crippen molar-refractivity contribution in [2.24, 2.45) is 0 Å². The predicted octanol–water partition coefficient (Wildman–Crippen LogP) is 5.25. The Morgan fingerprint density at radius 1 is 1.00 bits per heavy atom. The van der Waals surface area contributed by atoms with Gasteiger partial charge in [-0.2, -0.15) is 18.3 Å². The molecule has 3 aromatic carbocycles. The number of carbonyl (C=O) groups is 1. The minimum atomic E-state index is -4.83. The van der Waals surface area contributed by atoms with Crippen molar-refractivity contribution in [1.82, 2.24) is 15.1 Å². The lowest BCUT2D eigenvalue weighted by molar-refractivity contribution is -0.140. The smallest absolute Gasteiger partial charge is 0.348 e. The fourth-order valence-corrected chi connectivity index (χ4v) is 3.21.